The summed E-state index contributed by atoms with van der Waals surface area (Å²) < 4.78 is 13.3. The Balaban J connectivity index is 1.77. The number of benzene rings is 1. The van der Waals surface area contributed by atoms with Crippen molar-refractivity contribution in [2.24, 2.45) is 0 Å². The Hall–Kier alpha value is -0.321. The van der Waals surface area contributed by atoms with Gasteiger partial charge in [-0.25, -0.2) is 0 Å². The summed E-state index contributed by atoms with van der Waals surface area (Å²) in [6, 6.07) is 11.0. The molecule has 1 fully saturated rings. The molecule has 0 saturated carbocycles. The van der Waals surface area contributed by atoms with Crippen LogP contribution in [0.5, 0.6) is 0 Å². The van der Waals surface area contributed by atoms with Crippen molar-refractivity contribution in [1.82, 2.24) is 4.90 Å². The predicted molar refractivity (Wildman–Crippen MR) is 133 cm³/mol. The topological polar surface area (TPSA) is 12.5 Å². The van der Waals surface area contributed by atoms with Crippen LogP contribution in [-0.2, 0) is 11.3 Å². The molecule has 2 nitrogen and oxygen atoms in total. The molecule has 2 aliphatic heterocycles. The van der Waals surface area contributed by atoms with Gasteiger partial charge >= 0.3 is 191 Å². The van der Waals surface area contributed by atoms with Crippen molar-refractivity contribution in [3.63, 3.8) is 0 Å². The Bertz CT molecular complexity index is 636. The van der Waals surface area contributed by atoms with E-state index >= 15 is 0 Å². The molecule has 2 aliphatic rings. The first-order chi connectivity index (χ1) is 14.7. The summed E-state index contributed by atoms with van der Waals surface area (Å²) in [7, 11) is 0. The fourth-order valence-electron chi connectivity index (χ4n) is 5.68. The van der Waals surface area contributed by atoms with E-state index < -0.39 is 18.4 Å². The first-order valence-electron chi connectivity index (χ1n) is 12.8. The van der Waals surface area contributed by atoms with E-state index in [4.69, 9.17) is 4.74 Å². The van der Waals surface area contributed by atoms with Gasteiger partial charge in [-0.1, -0.05) is 0 Å². The number of hydrogen-bond acceptors (Lipinski definition) is 2. The molecular weight excluding hydrogens is 473 g/mol. The van der Waals surface area contributed by atoms with Gasteiger partial charge in [-0.2, -0.15) is 0 Å². The van der Waals surface area contributed by atoms with Crippen LogP contribution in [0.15, 0.2) is 40.0 Å². The average molecular weight is 518 g/mol. The zero-order chi connectivity index (χ0) is 21.3. The zero-order valence-corrected chi connectivity index (χ0v) is 22.8. The van der Waals surface area contributed by atoms with Gasteiger partial charge in [-0.15, -0.1) is 0 Å². The van der Waals surface area contributed by atoms with E-state index in [9.17, 15) is 0 Å². The molecule has 0 aromatic heterocycles. The fraction of sp³-hybridized carbons (Fsp3) is 0.704. The molecule has 0 bridgehead atoms. The Kier molecular flexibility index (Phi) is 9.78. The third kappa shape index (κ3) is 6.35. The number of piperidine rings is 1. The molecule has 1 saturated heterocycles. The molecule has 3 heteroatoms. The molecule has 0 radical (unpaired) electrons. The van der Waals surface area contributed by atoms with Crippen LogP contribution in [0.25, 0.3) is 0 Å². The van der Waals surface area contributed by atoms with E-state index in [1.807, 2.05) is 3.59 Å². The molecule has 2 heterocycles. The van der Waals surface area contributed by atoms with Gasteiger partial charge in [-0.3, -0.25) is 0 Å². The van der Waals surface area contributed by atoms with E-state index in [0.717, 1.165) is 19.7 Å². The number of hydrogen-bond donors (Lipinski definition) is 0. The quantitative estimate of drug-likeness (QED) is 0.268. The fourth-order valence-corrected chi connectivity index (χ4v) is 22.1. The SMILES string of the molecule is CCC[CH2][Sn]([CH2]CCC)([CH2]CCC)[C]1=CC2(CCCN(Cc3ccccc3)C2)OC1. The van der Waals surface area contributed by atoms with Crippen molar-refractivity contribution in [2.45, 2.75) is 97.6 Å². The number of nitrogens with zero attached hydrogens (tertiary/aromatic N) is 1. The molecule has 1 unspecified atom stereocenters. The molecule has 168 valence electrons. The summed E-state index contributed by atoms with van der Waals surface area (Å²) in [4.78, 5) is 2.64. The van der Waals surface area contributed by atoms with Crippen LogP contribution >= 0.6 is 0 Å². The van der Waals surface area contributed by atoms with Gasteiger partial charge in [0.1, 0.15) is 0 Å². The molecule has 0 aliphatic carbocycles. The van der Waals surface area contributed by atoms with E-state index in [2.05, 4.69) is 62.1 Å². The Labute approximate surface area is 190 Å². The molecule has 1 atom stereocenters. The number of rotatable bonds is 12. The van der Waals surface area contributed by atoms with Crippen molar-refractivity contribution >= 4 is 18.4 Å². The minimum atomic E-state index is -2.33. The molecule has 0 N–H and O–H groups in total. The molecule has 3 rings (SSSR count). The van der Waals surface area contributed by atoms with E-state index in [1.165, 1.54) is 63.5 Å². The van der Waals surface area contributed by atoms with Gasteiger partial charge in [0.05, 0.1) is 0 Å². The predicted octanol–water partition coefficient (Wildman–Crippen LogP) is 7.37. The molecule has 1 spiro atoms. The van der Waals surface area contributed by atoms with Gasteiger partial charge in [0.25, 0.3) is 0 Å². The summed E-state index contributed by atoms with van der Waals surface area (Å²) in [6.45, 7) is 11.4. The molecular formula is C27H45NOSn. The Morgan fingerprint density at radius 1 is 0.933 bits per heavy atom. The summed E-state index contributed by atoms with van der Waals surface area (Å²) in [5.41, 5.74) is 1.44. The third-order valence-corrected chi connectivity index (χ3v) is 23.4. The monoisotopic (exact) mass is 519 g/mol. The number of ether oxygens (including phenoxy) is 1. The first-order valence-corrected chi connectivity index (χ1v) is 20.3. The molecule has 30 heavy (non-hydrogen) atoms. The van der Waals surface area contributed by atoms with Crippen LogP contribution in [0.4, 0.5) is 0 Å². The van der Waals surface area contributed by atoms with Crippen LogP contribution in [0.1, 0.15) is 77.7 Å². The van der Waals surface area contributed by atoms with Gasteiger partial charge in [0.15, 0.2) is 0 Å². The van der Waals surface area contributed by atoms with E-state index in [1.54, 1.807) is 13.3 Å². The van der Waals surface area contributed by atoms with Crippen LogP contribution in [0.2, 0.25) is 13.3 Å². The van der Waals surface area contributed by atoms with Crippen molar-refractivity contribution in [1.29, 1.82) is 0 Å². The zero-order valence-electron chi connectivity index (χ0n) is 19.9. The molecule has 0 amide bonds. The van der Waals surface area contributed by atoms with Gasteiger partial charge in [0, 0.05) is 0 Å². The second kappa shape index (κ2) is 12.1. The second-order valence-corrected chi connectivity index (χ2v) is 23.3. The maximum atomic E-state index is 6.73. The van der Waals surface area contributed by atoms with E-state index in [0.29, 0.717) is 0 Å². The average Bonchev–Trinajstić information content (AvgIpc) is 3.18. The maximum absolute atomic E-state index is 6.73. The Morgan fingerprint density at radius 2 is 1.57 bits per heavy atom. The first kappa shape index (κ1) is 24.3. The van der Waals surface area contributed by atoms with Crippen LogP contribution in [0, 0.1) is 0 Å². The summed E-state index contributed by atoms with van der Waals surface area (Å²) in [5, 5.41) is 0. The van der Waals surface area contributed by atoms with Crippen molar-refractivity contribution in [3.8, 4) is 0 Å². The van der Waals surface area contributed by atoms with Gasteiger partial charge in [0.2, 0.25) is 0 Å². The second-order valence-electron chi connectivity index (χ2n) is 9.91. The van der Waals surface area contributed by atoms with Crippen molar-refractivity contribution in [3.05, 3.63) is 45.6 Å². The minimum absolute atomic E-state index is 0.00910. The summed E-state index contributed by atoms with van der Waals surface area (Å²) in [6.07, 6.45) is 13.6. The van der Waals surface area contributed by atoms with Crippen molar-refractivity contribution < 1.29 is 4.74 Å². The molecule has 1 aromatic rings. The number of likely N-dealkylation sites (tertiary alicyclic amines) is 1. The standard InChI is InChI=1S/C15H18NO.3C4H9.Sn/c1-2-6-14(7-3-1)12-16-10-4-8-15(13-16)9-5-11-17-15;3*1-3-4-2;/h1-3,6-7,9H,4,8,10-13H2;3*1,3-4H2,2H3;. The van der Waals surface area contributed by atoms with Crippen LogP contribution < -0.4 is 0 Å². The van der Waals surface area contributed by atoms with Crippen molar-refractivity contribution in [2.75, 3.05) is 19.7 Å². The van der Waals surface area contributed by atoms with Crippen LogP contribution in [0.3, 0.4) is 0 Å². The normalized spacial score (nSPS) is 22.6. The van der Waals surface area contributed by atoms with Crippen LogP contribution in [-0.4, -0.2) is 48.6 Å². The molecule has 1 aromatic carbocycles. The van der Waals surface area contributed by atoms with E-state index in [-0.39, 0.29) is 5.60 Å². The summed E-state index contributed by atoms with van der Waals surface area (Å²) in [5.74, 6) is 0. The van der Waals surface area contributed by atoms with Gasteiger partial charge in [-0.05, 0) is 0 Å². The third-order valence-electron chi connectivity index (χ3n) is 7.47. The Morgan fingerprint density at radius 3 is 2.17 bits per heavy atom. The number of unbranched alkanes of at least 4 members (excludes halogenated alkanes) is 3. The van der Waals surface area contributed by atoms with Gasteiger partial charge < -0.3 is 0 Å². The summed E-state index contributed by atoms with van der Waals surface area (Å²) >= 11 is -2.33.